The molecule has 0 saturated carbocycles. The van der Waals surface area contributed by atoms with Crippen LogP contribution in [-0.2, 0) is 0 Å². The standard InChI is InChI=1S/C11H15NO2/c1-6-4-7(2)10(11(13)14)5-9(6)8(3)12/h4-5,8H,12H2,1-3H3,(H,13,14)/t8-/m1/s1. The first-order valence-corrected chi connectivity index (χ1v) is 4.53. The first kappa shape index (κ1) is 10.7. The van der Waals surface area contributed by atoms with Crippen LogP contribution in [0, 0.1) is 13.8 Å². The number of nitrogens with two attached hydrogens (primary N) is 1. The van der Waals surface area contributed by atoms with E-state index < -0.39 is 5.97 Å². The third kappa shape index (κ3) is 1.93. The monoisotopic (exact) mass is 193 g/mol. The van der Waals surface area contributed by atoms with Crippen LogP contribution < -0.4 is 5.73 Å². The van der Waals surface area contributed by atoms with Crippen molar-refractivity contribution in [1.82, 2.24) is 0 Å². The second-order valence-corrected chi connectivity index (χ2v) is 3.62. The zero-order valence-corrected chi connectivity index (χ0v) is 8.66. The number of aryl methyl sites for hydroxylation is 2. The van der Waals surface area contributed by atoms with Crippen molar-refractivity contribution in [2.75, 3.05) is 0 Å². The van der Waals surface area contributed by atoms with Crippen LogP contribution in [0.1, 0.15) is 40.0 Å². The van der Waals surface area contributed by atoms with Gasteiger partial charge in [-0.2, -0.15) is 0 Å². The summed E-state index contributed by atoms with van der Waals surface area (Å²) >= 11 is 0. The van der Waals surface area contributed by atoms with Crippen molar-refractivity contribution in [3.05, 3.63) is 34.4 Å². The molecule has 0 aliphatic heterocycles. The molecule has 14 heavy (non-hydrogen) atoms. The van der Waals surface area contributed by atoms with E-state index in [9.17, 15) is 4.79 Å². The quantitative estimate of drug-likeness (QED) is 0.755. The Morgan fingerprint density at radius 2 is 1.93 bits per heavy atom. The number of carbonyl (C=O) groups is 1. The highest BCUT2D eigenvalue weighted by Crippen LogP contribution is 2.20. The van der Waals surface area contributed by atoms with E-state index in [1.54, 1.807) is 13.0 Å². The summed E-state index contributed by atoms with van der Waals surface area (Å²) < 4.78 is 0. The molecule has 0 aliphatic carbocycles. The molecular weight excluding hydrogens is 178 g/mol. The lowest BCUT2D eigenvalue weighted by atomic mass is 9.96. The minimum atomic E-state index is -0.899. The molecule has 76 valence electrons. The Morgan fingerprint density at radius 3 is 2.36 bits per heavy atom. The van der Waals surface area contributed by atoms with E-state index in [4.69, 9.17) is 10.8 Å². The first-order chi connectivity index (χ1) is 6.43. The highest BCUT2D eigenvalue weighted by atomic mass is 16.4. The molecule has 0 unspecified atom stereocenters. The first-order valence-electron chi connectivity index (χ1n) is 4.53. The predicted octanol–water partition coefficient (Wildman–Crippen LogP) is 2.02. The van der Waals surface area contributed by atoms with Gasteiger partial charge in [-0.15, -0.1) is 0 Å². The number of hydrogen-bond donors (Lipinski definition) is 2. The second kappa shape index (κ2) is 3.80. The van der Waals surface area contributed by atoms with Crippen molar-refractivity contribution in [2.24, 2.45) is 5.73 Å². The van der Waals surface area contributed by atoms with Gasteiger partial charge in [-0.1, -0.05) is 6.07 Å². The molecule has 0 amide bonds. The maximum absolute atomic E-state index is 10.9. The van der Waals surface area contributed by atoms with Gasteiger partial charge in [0.2, 0.25) is 0 Å². The maximum Gasteiger partial charge on any atom is 0.335 e. The van der Waals surface area contributed by atoms with E-state index in [-0.39, 0.29) is 6.04 Å². The molecule has 0 saturated heterocycles. The smallest absolute Gasteiger partial charge is 0.335 e. The summed E-state index contributed by atoms with van der Waals surface area (Å²) in [4.78, 5) is 10.9. The van der Waals surface area contributed by atoms with Crippen molar-refractivity contribution in [1.29, 1.82) is 0 Å². The minimum absolute atomic E-state index is 0.131. The van der Waals surface area contributed by atoms with Crippen molar-refractivity contribution in [3.8, 4) is 0 Å². The molecule has 1 atom stereocenters. The molecule has 0 aromatic heterocycles. The predicted molar refractivity (Wildman–Crippen MR) is 55.5 cm³/mol. The van der Waals surface area contributed by atoms with E-state index in [1.165, 1.54) is 0 Å². The van der Waals surface area contributed by atoms with Gasteiger partial charge in [0, 0.05) is 6.04 Å². The third-order valence-corrected chi connectivity index (χ3v) is 2.33. The molecule has 0 bridgehead atoms. The molecule has 1 aromatic rings. The fourth-order valence-electron chi connectivity index (χ4n) is 1.59. The molecule has 0 heterocycles. The summed E-state index contributed by atoms with van der Waals surface area (Å²) in [5, 5.41) is 8.92. The number of carboxylic acid groups (broad SMARTS) is 1. The van der Waals surface area contributed by atoms with Gasteiger partial charge in [0.15, 0.2) is 0 Å². The average molecular weight is 193 g/mol. The van der Waals surface area contributed by atoms with Gasteiger partial charge in [-0.25, -0.2) is 4.79 Å². The van der Waals surface area contributed by atoms with Gasteiger partial charge >= 0.3 is 5.97 Å². The van der Waals surface area contributed by atoms with Crippen molar-refractivity contribution < 1.29 is 9.90 Å². The van der Waals surface area contributed by atoms with E-state index in [0.29, 0.717) is 5.56 Å². The van der Waals surface area contributed by atoms with Crippen molar-refractivity contribution in [2.45, 2.75) is 26.8 Å². The largest absolute Gasteiger partial charge is 0.478 e. The second-order valence-electron chi connectivity index (χ2n) is 3.62. The van der Waals surface area contributed by atoms with Crippen LogP contribution in [0.25, 0.3) is 0 Å². The summed E-state index contributed by atoms with van der Waals surface area (Å²) in [6, 6.07) is 3.40. The molecule has 0 radical (unpaired) electrons. The highest BCUT2D eigenvalue weighted by molar-refractivity contribution is 5.89. The molecule has 3 N–H and O–H groups in total. The highest BCUT2D eigenvalue weighted by Gasteiger charge is 2.12. The Bertz CT molecular complexity index is 370. The third-order valence-electron chi connectivity index (χ3n) is 2.33. The van der Waals surface area contributed by atoms with E-state index >= 15 is 0 Å². The zero-order chi connectivity index (χ0) is 10.9. The van der Waals surface area contributed by atoms with Gasteiger partial charge in [-0.05, 0) is 43.5 Å². The van der Waals surface area contributed by atoms with E-state index in [2.05, 4.69) is 0 Å². The Hall–Kier alpha value is -1.35. The van der Waals surface area contributed by atoms with Gasteiger partial charge in [0.25, 0.3) is 0 Å². The maximum atomic E-state index is 10.9. The van der Waals surface area contributed by atoms with E-state index in [1.807, 2.05) is 19.9 Å². The fourth-order valence-corrected chi connectivity index (χ4v) is 1.59. The fraction of sp³-hybridized carbons (Fsp3) is 0.364. The van der Waals surface area contributed by atoms with Crippen LogP contribution in [-0.4, -0.2) is 11.1 Å². The Kier molecular flexibility index (Phi) is 2.91. The van der Waals surface area contributed by atoms with Gasteiger partial charge in [-0.3, -0.25) is 0 Å². The average Bonchev–Trinajstić information content (AvgIpc) is 2.02. The number of aromatic carboxylic acids is 1. The molecule has 1 rings (SSSR count). The van der Waals surface area contributed by atoms with Crippen LogP contribution in [0.5, 0.6) is 0 Å². The van der Waals surface area contributed by atoms with Crippen LogP contribution in [0.4, 0.5) is 0 Å². The van der Waals surface area contributed by atoms with Gasteiger partial charge < -0.3 is 10.8 Å². The van der Waals surface area contributed by atoms with Crippen LogP contribution in [0.2, 0.25) is 0 Å². The number of carboxylic acids is 1. The van der Waals surface area contributed by atoms with Gasteiger partial charge in [0.1, 0.15) is 0 Å². The van der Waals surface area contributed by atoms with Crippen molar-refractivity contribution in [3.63, 3.8) is 0 Å². The summed E-state index contributed by atoms with van der Waals surface area (Å²) in [5.41, 5.74) is 8.79. The molecule has 1 aromatic carbocycles. The lowest BCUT2D eigenvalue weighted by Gasteiger charge is -2.12. The normalized spacial score (nSPS) is 12.6. The molecule has 0 aliphatic rings. The van der Waals surface area contributed by atoms with E-state index in [0.717, 1.165) is 16.7 Å². The topological polar surface area (TPSA) is 63.3 Å². The molecule has 3 heteroatoms. The summed E-state index contributed by atoms with van der Waals surface area (Å²) in [5.74, 6) is -0.899. The lowest BCUT2D eigenvalue weighted by Crippen LogP contribution is -2.10. The van der Waals surface area contributed by atoms with Gasteiger partial charge in [0.05, 0.1) is 5.56 Å². The minimum Gasteiger partial charge on any atom is -0.478 e. The Labute approximate surface area is 83.6 Å². The Balaban J connectivity index is 3.34. The number of rotatable bonds is 2. The molecule has 0 fully saturated rings. The number of hydrogen-bond acceptors (Lipinski definition) is 2. The molecule has 0 spiro atoms. The number of benzene rings is 1. The Morgan fingerprint density at radius 1 is 1.36 bits per heavy atom. The summed E-state index contributed by atoms with van der Waals surface area (Å²) in [7, 11) is 0. The lowest BCUT2D eigenvalue weighted by molar-refractivity contribution is 0.0696. The SMILES string of the molecule is Cc1cc(C)c([C@@H](C)N)cc1C(=O)O. The van der Waals surface area contributed by atoms with Crippen LogP contribution in [0.15, 0.2) is 12.1 Å². The van der Waals surface area contributed by atoms with Crippen LogP contribution in [0.3, 0.4) is 0 Å². The van der Waals surface area contributed by atoms with Crippen molar-refractivity contribution >= 4 is 5.97 Å². The van der Waals surface area contributed by atoms with Crippen LogP contribution >= 0.6 is 0 Å². The summed E-state index contributed by atoms with van der Waals surface area (Å²) in [6.45, 7) is 5.59. The molecule has 3 nitrogen and oxygen atoms in total. The molecular formula is C11H15NO2. The summed E-state index contributed by atoms with van der Waals surface area (Å²) in [6.07, 6.45) is 0. The zero-order valence-electron chi connectivity index (χ0n) is 8.66.